The van der Waals surface area contributed by atoms with Crippen LogP contribution in [0.25, 0.3) is 0 Å². The number of hydrogen-bond acceptors (Lipinski definition) is 3. The molecule has 148 valence electrons. The Hall–Kier alpha value is -2.72. The van der Waals surface area contributed by atoms with Gasteiger partial charge >= 0.3 is 0 Å². The van der Waals surface area contributed by atoms with Crippen molar-refractivity contribution < 1.29 is 4.79 Å². The second-order valence-electron chi connectivity index (χ2n) is 7.65. The lowest BCUT2D eigenvalue weighted by Crippen LogP contribution is -2.38. The predicted octanol–water partition coefficient (Wildman–Crippen LogP) is 5.05. The maximum absolute atomic E-state index is 12.6. The Balaban J connectivity index is 1.43. The summed E-state index contributed by atoms with van der Waals surface area (Å²) >= 11 is 6.00. The zero-order chi connectivity index (χ0) is 20.2. The highest BCUT2D eigenvalue weighted by molar-refractivity contribution is 6.30. The first-order valence-corrected chi connectivity index (χ1v) is 10.4. The van der Waals surface area contributed by atoms with Crippen LogP contribution < -0.4 is 0 Å². The van der Waals surface area contributed by atoms with Crippen LogP contribution in [-0.4, -0.2) is 33.9 Å². The third-order valence-electron chi connectivity index (χ3n) is 5.46. The Bertz CT molecular complexity index is 981. The number of nitrogens with zero attached hydrogens (tertiary/aromatic N) is 3. The second-order valence-corrected chi connectivity index (χ2v) is 8.09. The summed E-state index contributed by atoms with van der Waals surface area (Å²) < 4.78 is 0. The van der Waals surface area contributed by atoms with Gasteiger partial charge in [0, 0.05) is 47.8 Å². The SMILES string of the molecule is Cc1cc(Cc2ccc(Cl)cc2)cc(C2CCN(C(=O)c3cccnc3)CC2)n1. The Kier molecular flexibility index (Phi) is 5.91. The molecular formula is C24H24ClN3O. The zero-order valence-corrected chi connectivity index (χ0v) is 17.3. The van der Waals surface area contributed by atoms with Crippen LogP contribution in [0, 0.1) is 6.92 Å². The van der Waals surface area contributed by atoms with Crippen LogP contribution in [0.15, 0.2) is 60.9 Å². The number of rotatable bonds is 4. The fourth-order valence-electron chi connectivity index (χ4n) is 3.97. The molecule has 2 aromatic heterocycles. The second kappa shape index (κ2) is 8.75. The molecular weight excluding hydrogens is 382 g/mol. The van der Waals surface area contributed by atoms with Crippen molar-refractivity contribution >= 4 is 17.5 Å². The standard InChI is InChI=1S/C24H24ClN3O/c1-17-13-19(14-18-4-6-22(25)7-5-18)15-23(27-17)20-8-11-28(12-9-20)24(29)21-3-2-10-26-16-21/h2-7,10,13,15-16,20H,8-9,11-12,14H2,1H3. The lowest BCUT2D eigenvalue weighted by atomic mass is 9.91. The molecule has 0 bridgehead atoms. The van der Waals surface area contributed by atoms with Crippen molar-refractivity contribution in [2.45, 2.75) is 32.1 Å². The van der Waals surface area contributed by atoms with Gasteiger partial charge in [0.15, 0.2) is 0 Å². The van der Waals surface area contributed by atoms with E-state index in [2.05, 4.69) is 36.2 Å². The van der Waals surface area contributed by atoms with Crippen molar-refractivity contribution in [1.82, 2.24) is 14.9 Å². The molecule has 4 rings (SSSR count). The predicted molar refractivity (Wildman–Crippen MR) is 115 cm³/mol. The third-order valence-corrected chi connectivity index (χ3v) is 5.72. The van der Waals surface area contributed by atoms with Crippen molar-refractivity contribution in [3.05, 3.63) is 94.0 Å². The van der Waals surface area contributed by atoms with Gasteiger partial charge in [-0.3, -0.25) is 14.8 Å². The van der Waals surface area contributed by atoms with Gasteiger partial charge in [0.25, 0.3) is 5.91 Å². The van der Waals surface area contributed by atoms with Crippen molar-refractivity contribution in [1.29, 1.82) is 0 Å². The van der Waals surface area contributed by atoms with Crippen molar-refractivity contribution in [3.63, 3.8) is 0 Å². The fourth-order valence-corrected chi connectivity index (χ4v) is 4.09. The van der Waals surface area contributed by atoms with E-state index in [0.717, 1.165) is 48.8 Å². The highest BCUT2D eigenvalue weighted by Crippen LogP contribution is 2.29. The molecule has 3 heterocycles. The Morgan fingerprint density at radius 2 is 1.86 bits per heavy atom. The van der Waals surface area contributed by atoms with Crippen LogP contribution in [0.2, 0.25) is 5.02 Å². The van der Waals surface area contributed by atoms with E-state index in [-0.39, 0.29) is 5.91 Å². The fraction of sp³-hybridized carbons (Fsp3) is 0.292. The number of likely N-dealkylation sites (tertiary alicyclic amines) is 1. The summed E-state index contributed by atoms with van der Waals surface area (Å²) in [5, 5.41) is 0.757. The van der Waals surface area contributed by atoms with Crippen LogP contribution in [-0.2, 0) is 6.42 Å². The van der Waals surface area contributed by atoms with E-state index in [0.29, 0.717) is 11.5 Å². The average Bonchev–Trinajstić information content (AvgIpc) is 2.75. The van der Waals surface area contributed by atoms with Crippen LogP contribution >= 0.6 is 11.6 Å². The molecule has 3 aromatic rings. The van der Waals surface area contributed by atoms with Crippen molar-refractivity contribution in [2.24, 2.45) is 0 Å². The summed E-state index contributed by atoms with van der Waals surface area (Å²) in [4.78, 5) is 23.4. The smallest absolute Gasteiger partial charge is 0.255 e. The molecule has 0 radical (unpaired) electrons. The van der Waals surface area contributed by atoms with Crippen LogP contribution in [0.3, 0.4) is 0 Å². The quantitative estimate of drug-likeness (QED) is 0.610. The lowest BCUT2D eigenvalue weighted by molar-refractivity contribution is 0.0711. The minimum Gasteiger partial charge on any atom is -0.339 e. The average molecular weight is 406 g/mol. The maximum Gasteiger partial charge on any atom is 0.255 e. The largest absolute Gasteiger partial charge is 0.339 e. The molecule has 1 aliphatic rings. The van der Waals surface area contributed by atoms with E-state index < -0.39 is 0 Å². The zero-order valence-electron chi connectivity index (χ0n) is 16.5. The van der Waals surface area contributed by atoms with Crippen molar-refractivity contribution in [2.75, 3.05) is 13.1 Å². The monoisotopic (exact) mass is 405 g/mol. The first-order valence-electron chi connectivity index (χ1n) is 10.00. The van der Waals surface area contributed by atoms with E-state index in [1.807, 2.05) is 23.1 Å². The molecule has 0 saturated carbocycles. The summed E-state index contributed by atoms with van der Waals surface area (Å²) in [7, 11) is 0. The van der Waals surface area contributed by atoms with E-state index >= 15 is 0 Å². The maximum atomic E-state index is 12.6. The molecule has 0 spiro atoms. The van der Waals surface area contributed by atoms with Crippen molar-refractivity contribution in [3.8, 4) is 0 Å². The highest BCUT2D eigenvalue weighted by Gasteiger charge is 2.25. The molecule has 0 unspecified atom stereocenters. The summed E-state index contributed by atoms with van der Waals surface area (Å²) in [6.07, 6.45) is 6.06. The number of aryl methyl sites for hydroxylation is 1. The number of pyridine rings is 2. The molecule has 5 heteroatoms. The number of halogens is 1. The number of piperidine rings is 1. The van der Waals surface area contributed by atoms with Gasteiger partial charge in [-0.2, -0.15) is 0 Å². The summed E-state index contributed by atoms with van der Waals surface area (Å²) in [6, 6.07) is 16.0. The number of benzene rings is 1. The highest BCUT2D eigenvalue weighted by atomic mass is 35.5. The Labute approximate surface area is 176 Å². The Morgan fingerprint density at radius 3 is 2.55 bits per heavy atom. The minimum atomic E-state index is 0.0668. The van der Waals surface area contributed by atoms with Gasteiger partial charge < -0.3 is 4.90 Å². The minimum absolute atomic E-state index is 0.0668. The summed E-state index contributed by atoms with van der Waals surface area (Å²) in [5.74, 6) is 0.453. The number of amides is 1. The van der Waals surface area contributed by atoms with Crippen LogP contribution in [0.5, 0.6) is 0 Å². The van der Waals surface area contributed by atoms with Gasteiger partial charge in [-0.25, -0.2) is 0 Å². The molecule has 1 amide bonds. The van der Waals surface area contributed by atoms with E-state index in [4.69, 9.17) is 16.6 Å². The normalized spacial score (nSPS) is 14.8. The first-order chi connectivity index (χ1) is 14.1. The third kappa shape index (κ3) is 4.83. The van der Waals surface area contributed by atoms with Gasteiger partial charge in [0.05, 0.1) is 5.56 Å². The van der Waals surface area contributed by atoms with Crippen LogP contribution in [0.1, 0.15) is 51.6 Å². The summed E-state index contributed by atoms with van der Waals surface area (Å²) in [6.45, 7) is 3.55. The molecule has 1 aliphatic heterocycles. The van der Waals surface area contributed by atoms with E-state index in [1.54, 1.807) is 18.5 Å². The number of aromatic nitrogens is 2. The molecule has 1 aromatic carbocycles. The van der Waals surface area contributed by atoms with Gasteiger partial charge in [-0.15, -0.1) is 0 Å². The topological polar surface area (TPSA) is 46.1 Å². The first kappa shape index (κ1) is 19.6. The lowest BCUT2D eigenvalue weighted by Gasteiger charge is -2.32. The molecule has 0 aliphatic carbocycles. The number of carbonyl (C=O) groups is 1. The molecule has 1 fully saturated rings. The van der Waals surface area contributed by atoms with Gasteiger partial charge in [-0.05, 0) is 73.7 Å². The molecule has 4 nitrogen and oxygen atoms in total. The number of carbonyl (C=O) groups excluding carboxylic acids is 1. The van der Waals surface area contributed by atoms with Gasteiger partial charge in [0.2, 0.25) is 0 Å². The van der Waals surface area contributed by atoms with Gasteiger partial charge in [0.1, 0.15) is 0 Å². The van der Waals surface area contributed by atoms with Crippen LogP contribution in [0.4, 0.5) is 0 Å². The van der Waals surface area contributed by atoms with Gasteiger partial charge in [-0.1, -0.05) is 23.7 Å². The van der Waals surface area contributed by atoms with E-state index in [1.165, 1.54) is 11.1 Å². The molecule has 29 heavy (non-hydrogen) atoms. The molecule has 0 atom stereocenters. The number of hydrogen-bond donors (Lipinski definition) is 0. The molecule has 1 saturated heterocycles. The summed E-state index contributed by atoms with van der Waals surface area (Å²) in [5.41, 5.74) is 5.35. The molecule has 0 N–H and O–H groups in total. The Morgan fingerprint density at radius 1 is 1.10 bits per heavy atom. The van der Waals surface area contributed by atoms with E-state index in [9.17, 15) is 4.79 Å².